The number of nitrogens with zero attached hydrogens (tertiary/aromatic N) is 3. The number of hydrogen-bond acceptors (Lipinski definition) is 7. The Morgan fingerprint density at radius 3 is 2.48 bits per heavy atom. The summed E-state index contributed by atoms with van der Waals surface area (Å²) in [5.41, 5.74) is 7.85. The van der Waals surface area contributed by atoms with E-state index in [1.807, 2.05) is 30.3 Å². The van der Waals surface area contributed by atoms with E-state index in [2.05, 4.69) is 40.4 Å². The Kier molecular flexibility index (Phi) is 11.9. The number of amidine groups is 1. The third-order valence-electron chi connectivity index (χ3n) is 5.22. The molecule has 0 amide bonds. The first-order valence-electron chi connectivity index (χ1n) is 11.7. The molecular formula is C25H40N6O2. The van der Waals surface area contributed by atoms with Gasteiger partial charge in [0.2, 0.25) is 0 Å². The number of rotatable bonds is 16. The van der Waals surface area contributed by atoms with Gasteiger partial charge in [0.05, 0.1) is 25.9 Å². The Bertz CT molecular complexity index is 824. The Morgan fingerprint density at radius 2 is 1.79 bits per heavy atom. The van der Waals surface area contributed by atoms with Crippen molar-refractivity contribution in [3.63, 3.8) is 0 Å². The minimum Gasteiger partial charge on any atom is -0.495 e. The number of benzene rings is 2. The van der Waals surface area contributed by atoms with Crippen LogP contribution in [-0.2, 0) is 6.42 Å². The lowest BCUT2D eigenvalue weighted by Gasteiger charge is -2.25. The summed E-state index contributed by atoms with van der Waals surface area (Å²) in [6.07, 6.45) is 2.88. The third kappa shape index (κ3) is 10.0. The van der Waals surface area contributed by atoms with Crippen LogP contribution in [0.4, 0.5) is 5.69 Å². The molecule has 0 atom stereocenters. The van der Waals surface area contributed by atoms with Crippen molar-refractivity contribution in [2.24, 2.45) is 16.7 Å². The maximum atomic E-state index is 5.86. The molecule has 0 saturated carbocycles. The minimum atomic E-state index is 0.451. The maximum Gasteiger partial charge on any atom is 0.142 e. The molecule has 0 heterocycles. The van der Waals surface area contributed by atoms with Gasteiger partial charge in [-0.1, -0.05) is 24.3 Å². The fraction of sp³-hybridized carbons (Fsp3) is 0.480. The van der Waals surface area contributed by atoms with E-state index in [-0.39, 0.29) is 0 Å². The lowest BCUT2D eigenvalue weighted by molar-refractivity contribution is 0.301. The molecule has 0 spiro atoms. The van der Waals surface area contributed by atoms with Gasteiger partial charge in [0.25, 0.3) is 0 Å². The van der Waals surface area contributed by atoms with Crippen molar-refractivity contribution in [2.45, 2.75) is 33.1 Å². The number of ether oxygens (including phenoxy) is 2. The van der Waals surface area contributed by atoms with E-state index in [1.54, 1.807) is 14.0 Å². The topological polar surface area (TPSA) is 101 Å². The van der Waals surface area contributed by atoms with E-state index in [0.29, 0.717) is 19.0 Å². The van der Waals surface area contributed by atoms with E-state index < -0.39 is 0 Å². The van der Waals surface area contributed by atoms with Gasteiger partial charge in [-0.3, -0.25) is 0 Å². The van der Waals surface area contributed by atoms with Crippen LogP contribution >= 0.6 is 0 Å². The van der Waals surface area contributed by atoms with Crippen LogP contribution < -0.4 is 31.3 Å². The van der Waals surface area contributed by atoms with Gasteiger partial charge in [0.15, 0.2) is 0 Å². The molecule has 0 bridgehead atoms. The predicted molar refractivity (Wildman–Crippen MR) is 137 cm³/mol. The second kappa shape index (κ2) is 15.0. The Hall–Kier alpha value is -2.97. The van der Waals surface area contributed by atoms with Crippen LogP contribution in [0, 0.1) is 0 Å². The smallest absolute Gasteiger partial charge is 0.142 e. The van der Waals surface area contributed by atoms with Crippen LogP contribution in [0.2, 0.25) is 0 Å². The molecule has 0 unspecified atom stereocenters. The fourth-order valence-corrected chi connectivity index (χ4v) is 3.47. The Morgan fingerprint density at radius 1 is 1.03 bits per heavy atom. The number of likely N-dealkylation sites (N-methyl/N-ethyl adjacent to an activating group) is 1. The highest BCUT2D eigenvalue weighted by Crippen LogP contribution is 2.27. The van der Waals surface area contributed by atoms with E-state index in [9.17, 15) is 0 Å². The first kappa shape index (κ1) is 26.3. The number of hydrazine groups is 1. The van der Waals surface area contributed by atoms with Gasteiger partial charge in [-0.2, -0.15) is 0 Å². The molecule has 8 nitrogen and oxygen atoms in total. The van der Waals surface area contributed by atoms with Gasteiger partial charge in [0.1, 0.15) is 17.3 Å². The fourth-order valence-electron chi connectivity index (χ4n) is 3.47. The summed E-state index contributed by atoms with van der Waals surface area (Å²) in [5, 5.41) is 8.88. The molecule has 0 aliphatic heterocycles. The summed E-state index contributed by atoms with van der Waals surface area (Å²) >= 11 is 0. The number of hydrazone groups is 1. The molecule has 0 saturated heterocycles. The molecule has 0 aromatic heterocycles. The molecule has 0 aliphatic carbocycles. The van der Waals surface area contributed by atoms with Crippen LogP contribution in [0.25, 0.3) is 0 Å². The SMILES string of the molecule is CCN(CCNCCCCOc1ccc(CCN(N)/N=C(/C)N)cc1)c1ccccc1OC. The molecule has 5 N–H and O–H groups in total. The van der Waals surface area contributed by atoms with Crippen LogP contribution in [0.1, 0.15) is 32.3 Å². The predicted octanol–water partition coefficient (Wildman–Crippen LogP) is 2.98. The molecule has 0 aliphatic rings. The zero-order chi connectivity index (χ0) is 23.9. The van der Waals surface area contributed by atoms with Crippen LogP contribution in [0.15, 0.2) is 53.6 Å². The number of nitrogens with two attached hydrogens (primary N) is 2. The molecule has 0 radical (unpaired) electrons. The molecule has 0 fully saturated rings. The second-order valence-electron chi connectivity index (χ2n) is 7.86. The highest BCUT2D eigenvalue weighted by molar-refractivity contribution is 5.77. The molecule has 2 aromatic rings. The molecule has 2 aromatic carbocycles. The average Bonchev–Trinajstić information content (AvgIpc) is 2.82. The van der Waals surface area contributed by atoms with E-state index >= 15 is 0 Å². The zero-order valence-electron chi connectivity index (χ0n) is 20.3. The standard InChI is InChI=1S/C25H40N6O2/c1-4-30(24-9-5-6-10-25(24)32-3)19-17-28-16-7-8-20-33-23-13-11-22(12-14-23)15-18-31(27)29-21(2)26/h5-6,9-14,28H,4,7-8,15-20,27H2,1-3H3,(H2,26,29). The lowest BCUT2D eigenvalue weighted by atomic mass is 10.1. The van der Waals surface area contributed by atoms with Crippen molar-refractivity contribution in [2.75, 3.05) is 51.3 Å². The normalized spacial score (nSPS) is 11.3. The van der Waals surface area contributed by atoms with Crippen molar-refractivity contribution in [1.82, 2.24) is 10.4 Å². The zero-order valence-corrected chi connectivity index (χ0v) is 20.3. The van der Waals surface area contributed by atoms with Crippen LogP contribution in [-0.4, -0.2) is 57.4 Å². The maximum absolute atomic E-state index is 5.86. The summed E-state index contributed by atoms with van der Waals surface area (Å²) in [7, 11) is 1.72. The monoisotopic (exact) mass is 456 g/mol. The molecular weight excluding hydrogens is 416 g/mol. The van der Waals surface area contributed by atoms with Gasteiger partial charge in [-0.25, -0.2) is 11.0 Å². The first-order valence-corrected chi connectivity index (χ1v) is 11.7. The first-order chi connectivity index (χ1) is 16.0. The summed E-state index contributed by atoms with van der Waals surface area (Å²) in [4.78, 5) is 2.33. The van der Waals surface area contributed by atoms with Gasteiger partial charge < -0.3 is 25.4 Å². The third-order valence-corrected chi connectivity index (χ3v) is 5.22. The highest BCUT2D eigenvalue weighted by atomic mass is 16.5. The molecule has 182 valence electrons. The summed E-state index contributed by atoms with van der Waals surface area (Å²) < 4.78 is 11.3. The summed E-state index contributed by atoms with van der Waals surface area (Å²) in [6, 6.07) is 16.3. The van der Waals surface area contributed by atoms with E-state index in [4.69, 9.17) is 21.1 Å². The van der Waals surface area contributed by atoms with Crippen molar-refractivity contribution in [1.29, 1.82) is 0 Å². The number of methoxy groups -OCH3 is 1. The van der Waals surface area contributed by atoms with Crippen LogP contribution in [0.5, 0.6) is 11.5 Å². The van der Waals surface area contributed by atoms with Gasteiger partial charge in [-0.15, -0.1) is 5.10 Å². The van der Waals surface area contributed by atoms with Gasteiger partial charge in [0, 0.05) is 19.6 Å². The Balaban J connectivity index is 1.57. The highest BCUT2D eigenvalue weighted by Gasteiger charge is 2.09. The minimum absolute atomic E-state index is 0.451. The van der Waals surface area contributed by atoms with Crippen molar-refractivity contribution in [3.8, 4) is 11.5 Å². The lowest BCUT2D eigenvalue weighted by Crippen LogP contribution is -2.32. The summed E-state index contributed by atoms with van der Waals surface area (Å²) in [5.74, 6) is 8.03. The van der Waals surface area contributed by atoms with Crippen molar-refractivity contribution in [3.05, 3.63) is 54.1 Å². The Labute approximate surface area is 198 Å². The van der Waals surface area contributed by atoms with Gasteiger partial charge >= 0.3 is 0 Å². The largest absolute Gasteiger partial charge is 0.495 e. The van der Waals surface area contributed by atoms with Crippen LogP contribution in [0.3, 0.4) is 0 Å². The molecule has 2 rings (SSSR count). The molecule has 33 heavy (non-hydrogen) atoms. The van der Waals surface area contributed by atoms with E-state index in [1.165, 1.54) is 10.7 Å². The number of unbranched alkanes of at least 4 members (excludes halogenated alkanes) is 1. The van der Waals surface area contributed by atoms with Crippen molar-refractivity contribution < 1.29 is 9.47 Å². The molecule has 8 heteroatoms. The number of para-hydroxylation sites is 2. The average molecular weight is 457 g/mol. The van der Waals surface area contributed by atoms with Crippen molar-refractivity contribution >= 4 is 11.5 Å². The quantitative estimate of drug-likeness (QED) is 0.117. The van der Waals surface area contributed by atoms with E-state index in [0.717, 1.165) is 62.6 Å². The van der Waals surface area contributed by atoms with Gasteiger partial charge in [-0.05, 0) is 69.5 Å². The number of hydrogen-bond donors (Lipinski definition) is 3. The number of anilines is 1. The number of nitrogens with one attached hydrogen (secondary N) is 1. The summed E-state index contributed by atoms with van der Waals surface area (Å²) in [6.45, 7) is 9.00. The second-order valence-corrected chi connectivity index (χ2v) is 7.86.